The minimum Gasteiger partial charge on any atom is -0.368 e. The van der Waals surface area contributed by atoms with E-state index in [9.17, 15) is 5.26 Å². The average Bonchev–Trinajstić information content (AvgIpc) is 2.90. The monoisotopic (exact) mass is 274 g/mol. The van der Waals surface area contributed by atoms with Gasteiger partial charge in [0, 0.05) is 16.8 Å². The van der Waals surface area contributed by atoms with Crippen LogP contribution in [0.3, 0.4) is 0 Å². The number of rotatable bonds is 4. The van der Waals surface area contributed by atoms with Gasteiger partial charge >= 0.3 is 0 Å². The third-order valence-electron chi connectivity index (χ3n) is 2.72. The second-order valence-corrected chi connectivity index (χ2v) is 5.78. The van der Waals surface area contributed by atoms with E-state index in [1.165, 1.54) is 4.88 Å². The topological polar surface area (TPSA) is 27.0 Å². The number of thioether (sulfide) groups is 1. The van der Waals surface area contributed by atoms with Crippen LogP contribution in [0.1, 0.15) is 10.4 Å². The zero-order valence-electron chi connectivity index (χ0n) is 10.4. The van der Waals surface area contributed by atoms with Gasteiger partial charge in [0.05, 0.1) is 17.8 Å². The first-order valence-electron chi connectivity index (χ1n) is 5.57. The number of hydrogen-bond acceptors (Lipinski definition) is 4. The maximum absolute atomic E-state index is 9.32. The molecular formula is C14H14N2S2. The standard InChI is InChI=1S/C14H14N2S2/c1-16(10-11-5-4-8-18-11)13-6-3-7-14(17-2)12(13)9-15/h3-8H,10H2,1-2H3. The summed E-state index contributed by atoms with van der Waals surface area (Å²) in [6, 6.07) is 12.5. The minimum atomic E-state index is 0.768. The van der Waals surface area contributed by atoms with Gasteiger partial charge in [-0.3, -0.25) is 0 Å². The van der Waals surface area contributed by atoms with E-state index in [0.717, 1.165) is 22.7 Å². The highest BCUT2D eigenvalue weighted by Gasteiger charge is 2.11. The van der Waals surface area contributed by atoms with E-state index < -0.39 is 0 Å². The lowest BCUT2D eigenvalue weighted by molar-refractivity contribution is 0.934. The van der Waals surface area contributed by atoms with E-state index in [1.54, 1.807) is 23.1 Å². The third kappa shape index (κ3) is 2.69. The van der Waals surface area contributed by atoms with Crippen molar-refractivity contribution in [1.82, 2.24) is 0 Å². The highest BCUT2D eigenvalue weighted by molar-refractivity contribution is 7.98. The van der Waals surface area contributed by atoms with Crippen molar-refractivity contribution in [2.75, 3.05) is 18.2 Å². The van der Waals surface area contributed by atoms with Gasteiger partial charge < -0.3 is 4.90 Å². The molecule has 0 N–H and O–H groups in total. The molecule has 92 valence electrons. The van der Waals surface area contributed by atoms with E-state index in [2.05, 4.69) is 28.5 Å². The summed E-state index contributed by atoms with van der Waals surface area (Å²) in [6.45, 7) is 0.837. The van der Waals surface area contributed by atoms with Crippen LogP contribution in [0, 0.1) is 11.3 Å². The minimum absolute atomic E-state index is 0.768. The molecule has 0 bridgehead atoms. The maximum atomic E-state index is 9.32. The zero-order chi connectivity index (χ0) is 13.0. The molecule has 0 aliphatic heterocycles. The Morgan fingerprint density at radius 1 is 1.33 bits per heavy atom. The molecule has 0 amide bonds. The van der Waals surface area contributed by atoms with Crippen molar-refractivity contribution in [3.63, 3.8) is 0 Å². The van der Waals surface area contributed by atoms with Crippen molar-refractivity contribution < 1.29 is 0 Å². The van der Waals surface area contributed by atoms with Gasteiger partial charge in [-0.25, -0.2) is 0 Å². The number of nitrogens with zero attached hydrogens (tertiary/aromatic N) is 2. The number of anilines is 1. The lowest BCUT2D eigenvalue weighted by atomic mass is 10.2. The Kier molecular flexibility index (Phi) is 4.29. The molecule has 0 unspecified atom stereocenters. The van der Waals surface area contributed by atoms with Crippen molar-refractivity contribution in [1.29, 1.82) is 5.26 Å². The molecule has 1 heterocycles. The molecule has 2 nitrogen and oxygen atoms in total. The summed E-state index contributed by atoms with van der Waals surface area (Å²) in [4.78, 5) is 4.47. The lowest BCUT2D eigenvalue weighted by Gasteiger charge is -2.20. The van der Waals surface area contributed by atoms with E-state index in [4.69, 9.17) is 0 Å². The fourth-order valence-electron chi connectivity index (χ4n) is 1.84. The summed E-state index contributed by atoms with van der Waals surface area (Å²) in [5.74, 6) is 0. The summed E-state index contributed by atoms with van der Waals surface area (Å²) < 4.78 is 0. The van der Waals surface area contributed by atoms with Gasteiger partial charge in [-0.15, -0.1) is 23.1 Å². The lowest BCUT2D eigenvalue weighted by Crippen LogP contribution is -2.17. The normalized spacial score (nSPS) is 10.1. The molecule has 0 aliphatic carbocycles. The van der Waals surface area contributed by atoms with E-state index in [1.807, 2.05) is 31.5 Å². The quantitative estimate of drug-likeness (QED) is 0.789. The zero-order valence-corrected chi connectivity index (χ0v) is 12.0. The van der Waals surface area contributed by atoms with Crippen LogP contribution in [0.25, 0.3) is 0 Å². The van der Waals surface area contributed by atoms with Gasteiger partial charge in [0.25, 0.3) is 0 Å². The van der Waals surface area contributed by atoms with E-state index in [-0.39, 0.29) is 0 Å². The molecule has 0 atom stereocenters. The molecule has 0 aliphatic rings. The van der Waals surface area contributed by atoms with Crippen molar-refractivity contribution in [3.8, 4) is 6.07 Å². The van der Waals surface area contributed by atoms with Crippen molar-refractivity contribution in [2.24, 2.45) is 0 Å². The Bertz CT molecular complexity index is 556. The van der Waals surface area contributed by atoms with Gasteiger partial charge in [0.15, 0.2) is 0 Å². The first-order chi connectivity index (χ1) is 8.76. The van der Waals surface area contributed by atoms with Crippen LogP contribution in [0.2, 0.25) is 0 Å². The SMILES string of the molecule is CSc1cccc(N(C)Cc2cccs2)c1C#N. The fraction of sp³-hybridized carbons (Fsp3) is 0.214. The molecule has 0 radical (unpaired) electrons. The van der Waals surface area contributed by atoms with Crippen molar-refractivity contribution in [3.05, 3.63) is 46.2 Å². The molecule has 0 saturated carbocycles. The molecule has 2 aromatic rings. The van der Waals surface area contributed by atoms with Gasteiger partial charge in [-0.05, 0) is 29.8 Å². The second-order valence-electron chi connectivity index (χ2n) is 3.90. The Balaban J connectivity index is 2.30. The van der Waals surface area contributed by atoms with Crippen LogP contribution in [0.15, 0.2) is 40.6 Å². The maximum Gasteiger partial charge on any atom is 0.103 e. The number of nitriles is 1. The summed E-state index contributed by atoms with van der Waals surface area (Å²) in [5, 5.41) is 11.4. The van der Waals surface area contributed by atoms with Gasteiger partial charge in [-0.1, -0.05) is 12.1 Å². The molecular weight excluding hydrogens is 260 g/mol. The smallest absolute Gasteiger partial charge is 0.103 e. The van der Waals surface area contributed by atoms with Crippen LogP contribution < -0.4 is 4.90 Å². The Hall–Kier alpha value is -1.44. The van der Waals surface area contributed by atoms with Crippen LogP contribution in [-0.2, 0) is 6.54 Å². The predicted molar refractivity (Wildman–Crippen MR) is 79.4 cm³/mol. The van der Waals surface area contributed by atoms with Gasteiger partial charge in [-0.2, -0.15) is 5.26 Å². The van der Waals surface area contributed by atoms with E-state index in [0.29, 0.717) is 0 Å². The molecule has 4 heteroatoms. The average molecular weight is 274 g/mol. The predicted octanol–water partition coefficient (Wildman–Crippen LogP) is 3.98. The first-order valence-corrected chi connectivity index (χ1v) is 7.67. The molecule has 0 fully saturated rings. The van der Waals surface area contributed by atoms with Crippen LogP contribution in [0.4, 0.5) is 5.69 Å². The Morgan fingerprint density at radius 2 is 2.17 bits per heavy atom. The Morgan fingerprint density at radius 3 is 2.78 bits per heavy atom. The van der Waals surface area contributed by atoms with E-state index >= 15 is 0 Å². The van der Waals surface area contributed by atoms with Gasteiger partial charge in [0.2, 0.25) is 0 Å². The molecule has 18 heavy (non-hydrogen) atoms. The Labute approximate surface area is 116 Å². The highest BCUT2D eigenvalue weighted by Crippen LogP contribution is 2.29. The molecule has 0 saturated heterocycles. The summed E-state index contributed by atoms with van der Waals surface area (Å²) in [5.41, 5.74) is 1.77. The number of thiophene rings is 1. The van der Waals surface area contributed by atoms with Crippen LogP contribution >= 0.6 is 23.1 Å². The van der Waals surface area contributed by atoms with Crippen LogP contribution in [0.5, 0.6) is 0 Å². The number of benzene rings is 1. The third-order valence-corrected chi connectivity index (χ3v) is 4.36. The molecule has 1 aromatic heterocycles. The van der Waals surface area contributed by atoms with Crippen LogP contribution in [-0.4, -0.2) is 13.3 Å². The summed E-state index contributed by atoms with van der Waals surface area (Å²) in [6.07, 6.45) is 2.00. The van der Waals surface area contributed by atoms with Crippen molar-refractivity contribution >= 4 is 28.8 Å². The summed E-state index contributed by atoms with van der Waals surface area (Å²) >= 11 is 3.35. The highest BCUT2D eigenvalue weighted by atomic mass is 32.2. The molecule has 2 rings (SSSR count). The number of hydrogen-bond donors (Lipinski definition) is 0. The van der Waals surface area contributed by atoms with Gasteiger partial charge in [0.1, 0.15) is 6.07 Å². The second kappa shape index (κ2) is 5.94. The summed E-state index contributed by atoms with van der Waals surface area (Å²) in [7, 11) is 2.03. The largest absolute Gasteiger partial charge is 0.368 e. The molecule has 1 aromatic carbocycles. The molecule has 0 spiro atoms. The first kappa shape index (κ1) is 13.0. The fourth-order valence-corrected chi connectivity index (χ4v) is 3.17. The van der Waals surface area contributed by atoms with Crippen molar-refractivity contribution in [2.45, 2.75) is 11.4 Å².